The lowest BCUT2D eigenvalue weighted by molar-refractivity contribution is 0.613. The van der Waals surface area contributed by atoms with Gasteiger partial charge >= 0.3 is 0 Å². The molecule has 0 radical (unpaired) electrons. The van der Waals surface area contributed by atoms with E-state index in [1.54, 1.807) is 6.20 Å². The van der Waals surface area contributed by atoms with Crippen LogP contribution in [0.1, 0.15) is 45.4 Å². The maximum Gasteiger partial charge on any atom is 0.244 e. The first-order chi connectivity index (χ1) is 11.4. The fraction of sp³-hybridized carbons (Fsp3) is 0.500. The maximum atomic E-state index is 4.69. The number of hydrogen-bond donors (Lipinski definition) is 1. The average molecular weight is 311 g/mol. The van der Waals surface area contributed by atoms with Crippen molar-refractivity contribution in [3.05, 3.63) is 36.5 Å². The summed E-state index contributed by atoms with van der Waals surface area (Å²) in [6, 6.07) is 10.7. The standard InChI is InChI=1S/C18H25N5/c1-2-23(16-12-8-5-9-13-16)17-14-19-22-18(21-17)20-15-10-6-3-4-7-11-15/h5,8-9,12-15H,2-4,6-7,10-11H2,1H3,(H,20,21,22). The lowest BCUT2D eigenvalue weighted by Crippen LogP contribution is -2.22. The van der Waals surface area contributed by atoms with Gasteiger partial charge < -0.3 is 10.2 Å². The fourth-order valence-corrected chi connectivity index (χ4v) is 3.18. The minimum absolute atomic E-state index is 0.473. The fourth-order valence-electron chi connectivity index (χ4n) is 3.18. The zero-order chi connectivity index (χ0) is 15.9. The van der Waals surface area contributed by atoms with Crippen molar-refractivity contribution in [2.75, 3.05) is 16.8 Å². The third-order valence-corrected chi connectivity index (χ3v) is 4.40. The Bertz CT molecular complexity index is 593. The van der Waals surface area contributed by atoms with E-state index in [0.29, 0.717) is 12.0 Å². The van der Waals surface area contributed by atoms with E-state index in [-0.39, 0.29) is 0 Å². The first-order valence-electron chi connectivity index (χ1n) is 8.65. The highest BCUT2D eigenvalue weighted by molar-refractivity contribution is 5.59. The minimum Gasteiger partial charge on any atom is -0.350 e. The molecular formula is C18H25N5. The quantitative estimate of drug-likeness (QED) is 0.840. The maximum absolute atomic E-state index is 4.69. The molecular weight excluding hydrogens is 286 g/mol. The molecule has 5 heteroatoms. The normalized spacial score (nSPS) is 15.9. The van der Waals surface area contributed by atoms with Gasteiger partial charge in [-0.25, -0.2) is 0 Å². The van der Waals surface area contributed by atoms with Crippen molar-refractivity contribution in [2.24, 2.45) is 0 Å². The summed E-state index contributed by atoms with van der Waals surface area (Å²) in [5.74, 6) is 1.48. The Labute approximate surface area is 138 Å². The molecule has 1 heterocycles. The molecule has 0 unspecified atom stereocenters. The van der Waals surface area contributed by atoms with Crippen molar-refractivity contribution in [3.63, 3.8) is 0 Å². The van der Waals surface area contributed by atoms with Crippen molar-refractivity contribution in [2.45, 2.75) is 51.5 Å². The number of hydrogen-bond acceptors (Lipinski definition) is 5. The van der Waals surface area contributed by atoms with Gasteiger partial charge in [0.1, 0.15) is 0 Å². The van der Waals surface area contributed by atoms with Crippen molar-refractivity contribution in [1.82, 2.24) is 15.2 Å². The molecule has 3 rings (SSSR count). The number of nitrogens with one attached hydrogen (secondary N) is 1. The van der Waals surface area contributed by atoms with Gasteiger partial charge in [-0.3, -0.25) is 0 Å². The van der Waals surface area contributed by atoms with E-state index in [1.807, 2.05) is 18.2 Å². The van der Waals surface area contributed by atoms with Gasteiger partial charge in [-0.15, -0.1) is 5.10 Å². The van der Waals surface area contributed by atoms with Gasteiger partial charge in [-0.2, -0.15) is 10.1 Å². The van der Waals surface area contributed by atoms with Gasteiger partial charge in [0.05, 0.1) is 6.20 Å². The molecule has 0 saturated heterocycles. The number of para-hydroxylation sites is 1. The first-order valence-corrected chi connectivity index (χ1v) is 8.65. The van der Waals surface area contributed by atoms with Crippen LogP contribution in [0.2, 0.25) is 0 Å². The van der Waals surface area contributed by atoms with E-state index in [0.717, 1.165) is 18.1 Å². The molecule has 1 fully saturated rings. The van der Waals surface area contributed by atoms with Crippen LogP contribution in [0.5, 0.6) is 0 Å². The summed E-state index contributed by atoms with van der Waals surface area (Å²) >= 11 is 0. The smallest absolute Gasteiger partial charge is 0.244 e. The largest absolute Gasteiger partial charge is 0.350 e. The summed E-state index contributed by atoms with van der Waals surface area (Å²) < 4.78 is 0. The predicted molar refractivity (Wildman–Crippen MR) is 94.1 cm³/mol. The number of anilines is 3. The zero-order valence-corrected chi connectivity index (χ0v) is 13.8. The number of benzene rings is 1. The summed E-state index contributed by atoms with van der Waals surface area (Å²) in [5, 5.41) is 11.8. The van der Waals surface area contributed by atoms with Crippen LogP contribution in [0.4, 0.5) is 17.5 Å². The third kappa shape index (κ3) is 4.18. The van der Waals surface area contributed by atoms with E-state index in [9.17, 15) is 0 Å². The van der Waals surface area contributed by atoms with Crippen LogP contribution in [0.15, 0.2) is 36.5 Å². The summed E-state index contributed by atoms with van der Waals surface area (Å²) in [5.41, 5.74) is 1.12. The molecule has 122 valence electrons. The number of rotatable bonds is 5. The Balaban J connectivity index is 1.75. The monoisotopic (exact) mass is 311 g/mol. The van der Waals surface area contributed by atoms with Gasteiger partial charge in [-0.1, -0.05) is 43.9 Å². The van der Waals surface area contributed by atoms with E-state index < -0.39 is 0 Å². The molecule has 5 nitrogen and oxygen atoms in total. The molecule has 1 aromatic heterocycles. The Morgan fingerprint density at radius 3 is 2.52 bits per heavy atom. The van der Waals surface area contributed by atoms with Crippen molar-refractivity contribution in [3.8, 4) is 0 Å². The van der Waals surface area contributed by atoms with E-state index in [2.05, 4.69) is 44.5 Å². The molecule has 0 aliphatic heterocycles. The number of nitrogens with zero attached hydrogens (tertiary/aromatic N) is 4. The predicted octanol–water partition coefficient (Wildman–Crippen LogP) is 4.16. The molecule has 0 amide bonds. The molecule has 1 N–H and O–H groups in total. The second kappa shape index (κ2) is 7.90. The number of aromatic nitrogens is 3. The topological polar surface area (TPSA) is 53.9 Å². The third-order valence-electron chi connectivity index (χ3n) is 4.40. The molecule has 1 aliphatic carbocycles. The summed E-state index contributed by atoms with van der Waals surface area (Å²) in [6.07, 6.45) is 9.39. The molecule has 0 bridgehead atoms. The van der Waals surface area contributed by atoms with Crippen molar-refractivity contribution in [1.29, 1.82) is 0 Å². The Hall–Kier alpha value is -2.17. The Kier molecular flexibility index (Phi) is 5.40. The minimum atomic E-state index is 0.473. The van der Waals surface area contributed by atoms with Gasteiger partial charge in [0, 0.05) is 18.3 Å². The lowest BCUT2D eigenvalue weighted by atomic mass is 10.1. The van der Waals surface area contributed by atoms with Crippen molar-refractivity contribution < 1.29 is 0 Å². The summed E-state index contributed by atoms with van der Waals surface area (Å²) in [7, 11) is 0. The van der Waals surface area contributed by atoms with Crippen LogP contribution in [-0.2, 0) is 0 Å². The van der Waals surface area contributed by atoms with Crippen LogP contribution in [0.3, 0.4) is 0 Å². The first kappa shape index (κ1) is 15.7. The molecule has 2 aromatic rings. The van der Waals surface area contributed by atoms with E-state index in [1.165, 1.54) is 38.5 Å². The summed E-state index contributed by atoms with van der Waals surface area (Å²) in [4.78, 5) is 6.83. The highest BCUT2D eigenvalue weighted by Crippen LogP contribution is 2.24. The molecule has 0 atom stereocenters. The molecule has 1 aromatic carbocycles. The SMILES string of the molecule is CCN(c1ccccc1)c1cnnc(NC2CCCCCC2)n1. The Morgan fingerprint density at radius 1 is 1.09 bits per heavy atom. The van der Waals surface area contributed by atoms with Gasteiger partial charge in [0.2, 0.25) is 5.95 Å². The second-order valence-corrected chi connectivity index (χ2v) is 6.05. The van der Waals surface area contributed by atoms with Crippen LogP contribution < -0.4 is 10.2 Å². The van der Waals surface area contributed by atoms with Crippen molar-refractivity contribution >= 4 is 17.5 Å². The molecule has 1 aliphatic rings. The van der Waals surface area contributed by atoms with Crippen LogP contribution in [0.25, 0.3) is 0 Å². The average Bonchev–Trinajstić information content (AvgIpc) is 2.86. The van der Waals surface area contributed by atoms with E-state index >= 15 is 0 Å². The molecule has 0 spiro atoms. The van der Waals surface area contributed by atoms with Crippen LogP contribution >= 0.6 is 0 Å². The van der Waals surface area contributed by atoms with Gasteiger partial charge in [0.25, 0.3) is 0 Å². The molecule has 1 saturated carbocycles. The highest BCUT2D eigenvalue weighted by Gasteiger charge is 2.15. The zero-order valence-electron chi connectivity index (χ0n) is 13.8. The van der Waals surface area contributed by atoms with E-state index in [4.69, 9.17) is 0 Å². The summed E-state index contributed by atoms with van der Waals surface area (Å²) in [6.45, 7) is 2.96. The Morgan fingerprint density at radius 2 is 1.83 bits per heavy atom. The molecule has 23 heavy (non-hydrogen) atoms. The second-order valence-electron chi connectivity index (χ2n) is 6.05. The lowest BCUT2D eigenvalue weighted by Gasteiger charge is -2.22. The van der Waals surface area contributed by atoms with Gasteiger partial charge in [0.15, 0.2) is 5.82 Å². The van der Waals surface area contributed by atoms with Gasteiger partial charge in [-0.05, 0) is 31.9 Å². The highest BCUT2D eigenvalue weighted by atomic mass is 15.3. The van der Waals surface area contributed by atoms with Crippen LogP contribution in [-0.4, -0.2) is 27.8 Å². The van der Waals surface area contributed by atoms with Crippen LogP contribution in [0, 0.1) is 0 Å².